The van der Waals surface area contributed by atoms with Gasteiger partial charge in [-0.2, -0.15) is 5.10 Å². The van der Waals surface area contributed by atoms with Gasteiger partial charge in [-0.1, -0.05) is 0 Å². The molecule has 0 radical (unpaired) electrons. The number of hydrogen-bond donors (Lipinski definition) is 1. The summed E-state index contributed by atoms with van der Waals surface area (Å²) in [6, 6.07) is 0. The van der Waals surface area contributed by atoms with Gasteiger partial charge in [0.25, 0.3) is 5.91 Å². The highest BCUT2D eigenvalue weighted by Gasteiger charge is 2.24. The molecule has 0 aromatic carbocycles. The molecule has 106 valence electrons. The molecule has 0 saturated heterocycles. The molecule has 0 unspecified atom stereocenters. The monoisotopic (exact) mass is 269 g/mol. The van der Waals surface area contributed by atoms with E-state index < -0.39 is 10.8 Å². The van der Waals surface area contributed by atoms with E-state index in [1.54, 1.807) is 6.92 Å². The van der Waals surface area contributed by atoms with E-state index in [1.165, 1.54) is 10.9 Å². The fraction of sp³-hybridized carbons (Fsp3) is 0.636. The van der Waals surface area contributed by atoms with E-state index in [4.69, 9.17) is 0 Å². The van der Waals surface area contributed by atoms with Gasteiger partial charge in [0.1, 0.15) is 6.20 Å². The third-order valence-electron chi connectivity index (χ3n) is 2.55. The average molecular weight is 269 g/mol. The van der Waals surface area contributed by atoms with Crippen LogP contribution in [-0.4, -0.2) is 52.7 Å². The van der Waals surface area contributed by atoms with E-state index in [2.05, 4.69) is 10.4 Å². The fourth-order valence-electron chi connectivity index (χ4n) is 1.55. The SMILES string of the molecule is CCn1cc([N+](=O)[O-])c(C(=O)NCCCN(C)C)n1. The van der Waals surface area contributed by atoms with Crippen molar-refractivity contribution < 1.29 is 9.72 Å². The molecule has 0 atom stereocenters. The van der Waals surface area contributed by atoms with Crippen molar-refractivity contribution in [2.75, 3.05) is 27.2 Å². The minimum Gasteiger partial charge on any atom is -0.350 e. The van der Waals surface area contributed by atoms with Gasteiger partial charge in [0, 0.05) is 13.1 Å². The predicted molar refractivity (Wildman–Crippen MR) is 70.1 cm³/mol. The molecule has 0 fully saturated rings. The van der Waals surface area contributed by atoms with Crippen molar-refractivity contribution in [1.82, 2.24) is 20.0 Å². The molecule has 1 aromatic heterocycles. The van der Waals surface area contributed by atoms with E-state index >= 15 is 0 Å². The van der Waals surface area contributed by atoms with Crippen LogP contribution in [0.3, 0.4) is 0 Å². The van der Waals surface area contributed by atoms with Crippen LogP contribution >= 0.6 is 0 Å². The van der Waals surface area contributed by atoms with Crippen LogP contribution < -0.4 is 5.32 Å². The molecular weight excluding hydrogens is 250 g/mol. The highest BCUT2D eigenvalue weighted by atomic mass is 16.6. The summed E-state index contributed by atoms with van der Waals surface area (Å²) in [5.74, 6) is -0.502. The molecule has 1 heterocycles. The van der Waals surface area contributed by atoms with Gasteiger partial charge < -0.3 is 10.2 Å². The zero-order valence-corrected chi connectivity index (χ0v) is 11.4. The summed E-state index contributed by atoms with van der Waals surface area (Å²) in [6.45, 7) is 3.59. The first-order chi connectivity index (χ1) is 8.95. The molecule has 1 N–H and O–H groups in total. The van der Waals surface area contributed by atoms with Crippen LogP contribution in [0.4, 0.5) is 5.69 Å². The summed E-state index contributed by atoms with van der Waals surface area (Å²) >= 11 is 0. The first-order valence-corrected chi connectivity index (χ1v) is 6.10. The second-order valence-electron chi connectivity index (χ2n) is 4.39. The van der Waals surface area contributed by atoms with Gasteiger partial charge in [-0.15, -0.1) is 0 Å². The van der Waals surface area contributed by atoms with E-state index in [0.29, 0.717) is 13.1 Å². The van der Waals surface area contributed by atoms with E-state index in [1.807, 2.05) is 19.0 Å². The Morgan fingerprint density at radius 3 is 2.79 bits per heavy atom. The predicted octanol–water partition coefficient (Wildman–Crippen LogP) is 0.493. The lowest BCUT2D eigenvalue weighted by atomic mass is 10.3. The summed E-state index contributed by atoms with van der Waals surface area (Å²) < 4.78 is 1.38. The van der Waals surface area contributed by atoms with Gasteiger partial charge in [-0.3, -0.25) is 19.6 Å². The third-order valence-corrected chi connectivity index (χ3v) is 2.55. The van der Waals surface area contributed by atoms with E-state index in [0.717, 1.165) is 13.0 Å². The molecule has 0 aliphatic heterocycles. The molecule has 19 heavy (non-hydrogen) atoms. The molecule has 0 spiro atoms. The van der Waals surface area contributed by atoms with Crippen LogP contribution in [0, 0.1) is 10.1 Å². The number of aromatic nitrogens is 2. The van der Waals surface area contributed by atoms with Crippen LogP contribution in [0.1, 0.15) is 23.8 Å². The lowest BCUT2D eigenvalue weighted by molar-refractivity contribution is -0.385. The highest BCUT2D eigenvalue weighted by molar-refractivity contribution is 5.95. The first-order valence-electron chi connectivity index (χ1n) is 6.10. The van der Waals surface area contributed by atoms with Crippen molar-refractivity contribution in [1.29, 1.82) is 0 Å². The molecule has 0 bridgehead atoms. The molecule has 1 amide bonds. The van der Waals surface area contributed by atoms with Crippen LogP contribution in [0.25, 0.3) is 0 Å². The van der Waals surface area contributed by atoms with Gasteiger partial charge >= 0.3 is 5.69 Å². The topological polar surface area (TPSA) is 93.3 Å². The highest BCUT2D eigenvalue weighted by Crippen LogP contribution is 2.16. The second-order valence-corrected chi connectivity index (χ2v) is 4.39. The number of amides is 1. The number of nitro groups is 1. The molecular formula is C11H19N5O3. The summed E-state index contributed by atoms with van der Waals surface area (Å²) in [6.07, 6.45) is 2.05. The minimum atomic E-state index is -0.589. The van der Waals surface area contributed by atoms with Crippen molar-refractivity contribution >= 4 is 11.6 Å². The van der Waals surface area contributed by atoms with Gasteiger partial charge in [0.2, 0.25) is 5.69 Å². The number of nitrogens with zero attached hydrogens (tertiary/aromatic N) is 4. The zero-order valence-electron chi connectivity index (χ0n) is 11.4. The Morgan fingerprint density at radius 2 is 2.26 bits per heavy atom. The molecule has 1 aromatic rings. The molecule has 8 heteroatoms. The number of carbonyl (C=O) groups excluding carboxylic acids is 1. The summed E-state index contributed by atoms with van der Waals surface area (Å²) in [5, 5.41) is 17.4. The lowest BCUT2D eigenvalue weighted by Crippen LogP contribution is -2.28. The Labute approximate surface area is 111 Å². The van der Waals surface area contributed by atoms with E-state index in [-0.39, 0.29) is 11.4 Å². The van der Waals surface area contributed by atoms with Crippen molar-refractivity contribution in [2.24, 2.45) is 0 Å². The number of aryl methyl sites for hydroxylation is 1. The second kappa shape index (κ2) is 6.83. The van der Waals surface area contributed by atoms with Crippen molar-refractivity contribution in [3.63, 3.8) is 0 Å². The van der Waals surface area contributed by atoms with Gasteiger partial charge in [0.05, 0.1) is 4.92 Å². The normalized spacial score (nSPS) is 10.7. The van der Waals surface area contributed by atoms with Gasteiger partial charge in [-0.05, 0) is 34.0 Å². The van der Waals surface area contributed by atoms with Crippen molar-refractivity contribution in [3.8, 4) is 0 Å². The number of hydrogen-bond acceptors (Lipinski definition) is 5. The van der Waals surface area contributed by atoms with E-state index in [9.17, 15) is 14.9 Å². The first kappa shape index (κ1) is 15.1. The summed E-state index contributed by atoms with van der Waals surface area (Å²) in [4.78, 5) is 24.1. The Morgan fingerprint density at radius 1 is 1.58 bits per heavy atom. The van der Waals surface area contributed by atoms with Crippen LogP contribution in [0.15, 0.2) is 6.20 Å². The van der Waals surface area contributed by atoms with Crippen molar-refractivity contribution in [3.05, 3.63) is 22.0 Å². The summed E-state index contributed by atoms with van der Waals surface area (Å²) in [7, 11) is 3.88. The largest absolute Gasteiger partial charge is 0.350 e. The molecule has 8 nitrogen and oxygen atoms in total. The Bertz CT molecular complexity index is 455. The standard InChI is InChI=1S/C11H19N5O3/c1-4-15-8-9(16(18)19)10(13-15)11(17)12-6-5-7-14(2)3/h8H,4-7H2,1-3H3,(H,12,17). The number of nitrogens with one attached hydrogen (secondary N) is 1. The smallest absolute Gasteiger partial charge is 0.320 e. The summed E-state index contributed by atoms with van der Waals surface area (Å²) in [5.41, 5.74) is -0.385. The maximum atomic E-state index is 11.8. The van der Waals surface area contributed by atoms with Crippen LogP contribution in [-0.2, 0) is 6.54 Å². The molecule has 0 aliphatic carbocycles. The molecule has 0 aliphatic rings. The van der Waals surface area contributed by atoms with Crippen molar-refractivity contribution in [2.45, 2.75) is 19.9 Å². The third kappa shape index (κ3) is 4.32. The molecule has 1 rings (SSSR count). The fourth-order valence-corrected chi connectivity index (χ4v) is 1.55. The van der Waals surface area contributed by atoms with Gasteiger partial charge in [-0.25, -0.2) is 0 Å². The quantitative estimate of drug-likeness (QED) is 0.442. The van der Waals surface area contributed by atoms with Crippen LogP contribution in [0.2, 0.25) is 0 Å². The Balaban J connectivity index is 2.65. The number of carbonyl (C=O) groups is 1. The maximum absolute atomic E-state index is 11.8. The Hall–Kier alpha value is -1.96. The number of rotatable bonds is 7. The average Bonchev–Trinajstić information content (AvgIpc) is 2.78. The van der Waals surface area contributed by atoms with Crippen LogP contribution in [0.5, 0.6) is 0 Å². The lowest BCUT2D eigenvalue weighted by Gasteiger charge is -2.09. The van der Waals surface area contributed by atoms with Gasteiger partial charge in [0.15, 0.2) is 0 Å². The maximum Gasteiger partial charge on any atom is 0.320 e. The Kier molecular flexibility index (Phi) is 5.43. The zero-order chi connectivity index (χ0) is 14.4. The molecule has 0 saturated carbocycles. The minimum absolute atomic E-state index is 0.128.